The molecule has 1 aliphatic carbocycles. The Balaban J connectivity index is 1.93. The van der Waals surface area contributed by atoms with Gasteiger partial charge in [-0.15, -0.1) is 0 Å². The summed E-state index contributed by atoms with van der Waals surface area (Å²) >= 11 is 6.42. The Bertz CT molecular complexity index is 585. The second kappa shape index (κ2) is 6.62. The number of nitrogens with zero attached hydrogens (tertiary/aromatic N) is 1. The monoisotopic (exact) mass is 299 g/mol. The van der Waals surface area contributed by atoms with Gasteiger partial charge in [0.1, 0.15) is 0 Å². The van der Waals surface area contributed by atoms with Crippen molar-refractivity contribution in [2.24, 2.45) is 5.92 Å². The van der Waals surface area contributed by atoms with Gasteiger partial charge in [0, 0.05) is 18.3 Å². The predicted octanol–water partition coefficient (Wildman–Crippen LogP) is 5.76. The van der Waals surface area contributed by atoms with Crippen molar-refractivity contribution in [3.05, 3.63) is 64.4 Å². The molecule has 0 aliphatic heterocycles. The Morgan fingerprint density at radius 3 is 2.52 bits per heavy atom. The molecule has 0 spiro atoms. The van der Waals surface area contributed by atoms with Crippen LogP contribution in [0.25, 0.3) is 0 Å². The molecule has 1 nitrogen and oxygen atoms in total. The van der Waals surface area contributed by atoms with Crippen LogP contribution in [0.3, 0.4) is 0 Å². The van der Waals surface area contributed by atoms with E-state index in [2.05, 4.69) is 42.2 Å². The Labute approximate surface area is 132 Å². The Morgan fingerprint density at radius 2 is 1.86 bits per heavy atom. The lowest BCUT2D eigenvalue weighted by atomic mass is 9.83. The molecule has 1 aliphatic rings. The van der Waals surface area contributed by atoms with E-state index >= 15 is 0 Å². The van der Waals surface area contributed by atoms with Crippen LogP contribution in [-0.2, 0) is 0 Å². The summed E-state index contributed by atoms with van der Waals surface area (Å²) in [5.74, 6) is 1.23. The van der Waals surface area contributed by atoms with Gasteiger partial charge in [-0.3, -0.25) is 4.98 Å². The Hall–Kier alpha value is -1.34. The highest BCUT2D eigenvalue weighted by Gasteiger charge is 2.24. The average Bonchev–Trinajstić information content (AvgIpc) is 3.00. The maximum atomic E-state index is 6.42. The van der Waals surface area contributed by atoms with Crippen molar-refractivity contribution in [3.8, 4) is 0 Å². The van der Waals surface area contributed by atoms with E-state index in [4.69, 9.17) is 11.6 Å². The summed E-state index contributed by atoms with van der Waals surface area (Å²) in [5.41, 5.74) is 3.90. The first kappa shape index (κ1) is 14.6. The van der Waals surface area contributed by atoms with Crippen molar-refractivity contribution in [2.75, 3.05) is 0 Å². The van der Waals surface area contributed by atoms with Crippen LogP contribution in [0, 0.1) is 12.8 Å². The first-order valence-corrected chi connectivity index (χ1v) is 8.28. The molecule has 3 rings (SSSR count). The van der Waals surface area contributed by atoms with E-state index < -0.39 is 0 Å². The normalized spacial score (nSPS) is 17.0. The van der Waals surface area contributed by atoms with Crippen LogP contribution in [0.1, 0.15) is 54.7 Å². The molecule has 0 saturated heterocycles. The Kier molecular flexibility index (Phi) is 4.60. The molecule has 1 atom stereocenters. The molecule has 0 radical (unpaired) electrons. The lowest BCUT2D eigenvalue weighted by molar-refractivity contribution is 0.473. The van der Waals surface area contributed by atoms with Gasteiger partial charge in [0.15, 0.2) is 0 Å². The zero-order chi connectivity index (χ0) is 14.7. The van der Waals surface area contributed by atoms with Crippen LogP contribution < -0.4 is 0 Å². The smallest absolute Gasteiger partial charge is 0.0627 e. The molecule has 0 N–H and O–H groups in total. The highest BCUT2D eigenvalue weighted by Crippen LogP contribution is 2.39. The molecule has 1 aromatic carbocycles. The summed E-state index contributed by atoms with van der Waals surface area (Å²) in [6.07, 6.45) is 10.3. The SMILES string of the molecule is Cc1ccc(C(CC2CCCC2)c2ccncc2Cl)cc1. The summed E-state index contributed by atoms with van der Waals surface area (Å²) in [6, 6.07) is 11.0. The van der Waals surface area contributed by atoms with Gasteiger partial charge in [-0.25, -0.2) is 0 Å². The molecule has 1 heterocycles. The van der Waals surface area contributed by atoms with Crippen molar-refractivity contribution >= 4 is 11.6 Å². The Morgan fingerprint density at radius 1 is 1.14 bits per heavy atom. The molecule has 110 valence electrons. The first-order valence-electron chi connectivity index (χ1n) is 7.90. The van der Waals surface area contributed by atoms with Crippen LogP contribution in [-0.4, -0.2) is 4.98 Å². The molecule has 0 bridgehead atoms. The van der Waals surface area contributed by atoms with Crippen LogP contribution in [0.5, 0.6) is 0 Å². The molecule has 0 amide bonds. The fourth-order valence-electron chi connectivity index (χ4n) is 3.49. The van der Waals surface area contributed by atoms with Crippen molar-refractivity contribution in [2.45, 2.75) is 44.9 Å². The van der Waals surface area contributed by atoms with E-state index in [0.717, 1.165) is 10.9 Å². The van der Waals surface area contributed by atoms with Crippen molar-refractivity contribution in [3.63, 3.8) is 0 Å². The van der Waals surface area contributed by atoms with Crippen molar-refractivity contribution < 1.29 is 0 Å². The van der Waals surface area contributed by atoms with Crippen molar-refractivity contribution in [1.29, 1.82) is 0 Å². The van der Waals surface area contributed by atoms with Gasteiger partial charge in [-0.2, -0.15) is 0 Å². The van der Waals surface area contributed by atoms with Gasteiger partial charge < -0.3 is 0 Å². The molecular formula is C19H22ClN. The maximum Gasteiger partial charge on any atom is 0.0627 e. The van der Waals surface area contributed by atoms with Crippen LogP contribution in [0.2, 0.25) is 5.02 Å². The minimum atomic E-state index is 0.393. The van der Waals surface area contributed by atoms with E-state index in [1.807, 2.05) is 6.20 Å². The third-order valence-electron chi connectivity index (χ3n) is 4.70. The van der Waals surface area contributed by atoms with Crippen LogP contribution >= 0.6 is 11.6 Å². The second-order valence-electron chi connectivity index (χ2n) is 6.25. The van der Waals surface area contributed by atoms with Gasteiger partial charge in [0.05, 0.1) is 5.02 Å². The lowest BCUT2D eigenvalue weighted by Crippen LogP contribution is -2.08. The number of benzene rings is 1. The number of hydrogen-bond acceptors (Lipinski definition) is 1. The van der Waals surface area contributed by atoms with Gasteiger partial charge in [-0.1, -0.05) is 67.1 Å². The van der Waals surface area contributed by atoms with E-state index in [9.17, 15) is 0 Å². The summed E-state index contributed by atoms with van der Waals surface area (Å²) in [4.78, 5) is 4.13. The molecule has 1 aromatic heterocycles. The summed E-state index contributed by atoms with van der Waals surface area (Å²) in [5, 5.41) is 0.793. The number of aryl methyl sites for hydroxylation is 1. The number of aromatic nitrogens is 1. The fraction of sp³-hybridized carbons (Fsp3) is 0.421. The van der Waals surface area contributed by atoms with E-state index in [-0.39, 0.29) is 0 Å². The summed E-state index contributed by atoms with van der Waals surface area (Å²) in [7, 11) is 0. The topological polar surface area (TPSA) is 12.9 Å². The third kappa shape index (κ3) is 3.47. The molecule has 2 heteroatoms. The van der Waals surface area contributed by atoms with Gasteiger partial charge in [0.2, 0.25) is 0 Å². The summed E-state index contributed by atoms with van der Waals surface area (Å²) < 4.78 is 0. The largest absolute Gasteiger partial charge is 0.263 e. The molecule has 1 unspecified atom stereocenters. The van der Waals surface area contributed by atoms with E-state index in [1.165, 1.54) is 48.8 Å². The molecule has 21 heavy (non-hydrogen) atoms. The number of rotatable bonds is 4. The summed E-state index contributed by atoms with van der Waals surface area (Å²) in [6.45, 7) is 2.13. The van der Waals surface area contributed by atoms with E-state index in [0.29, 0.717) is 5.92 Å². The second-order valence-corrected chi connectivity index (χ2v) is 6.65. The molecule has 1 fully saturated rings. The minimum Gasteiger partial charge on any atom is -0.263 e. The van der Waals surface area contributed by atoms with Gasteiger partial charge >= 0.3 is 0 Å². The van der Waals surface area contributed by atoms with Crippen LogP contribution in [0.15, 0.2) is 42.7 Å². The zero-order valence-corrected chi connectivity index (χ0v) is 13.3. The van der Waals surface area contributed by atoms with Crippen molar-refractivity contribution in [1.82, 2.24) is 4.98 Å². The van der Waals surface area contributed by atoms with E-state index in [1.54, 1.807) is 6.20 Å². The zero-order valence-electron chi connectivity index (χ0n) is 12.6. The first-order chi connectivity index (χ1) is 10.2. The maximum absolute atomic E-state index is 6.42. The van der Waals surface area contributed by atoms with Gasteiger partial charge in [-0.05, 0) is 36.5 Å². The number of pyridine rings is 1. The minimum absolute atomic E-state index is 0.393. The molecule has 2 aromatic rings. The quantitative estimate of drug-likeness (QED) is 0.700. The lowest BCUT2D eigenvalue weighted by Gasteiger charge is -2.22. The van der Waals surface area contributed by atoms with Gasteiger partial charge in [0.25, 0.3) is 0 Å². The number of halogens is 1. The highest BCUT2D eigenvalue weighted by molar-refractivity contribution is 6.31. The third-order valence-corrected chi connectivity index (χ3v) is 5.02. The standard InChI is InChI=1S/C19H22ClN/c1-14-6-8-16(9-7-14)18(12-15-4-2-3-5-15)17-10-11-21-13-19(17)20/h6-11,13,15,18H,2-5,12H2,1H3. The average molecular weight is 300 g/mol. The fourth-order valence-corrected chi connectivity index (χ4v) is 3.74. The van der Waals surface area contributed by atoms with Crippen LogP contribution in [0.4, 0.5) is 0 Å². The number of hydrogen-bond donors (Lipinski definition) is 0. The predicted molar refractivity (Wildman–Crippen MR) is 88.8 cm³/mol. The highest BCUT2D eigenvalue weighted by atomic mass is 35.5. The molecular weight excluding hydrogens is 278 g/mol. The molecule has 1 saturated carbocycles.